The van der Waals surface area contributed by atoms with E-state index in [4.69, 9.17) is 0 Å². The molecular formula is C34H36F3N5O5S2. The van der Waals surface area contributed by atoms with Gasteiger partial charge in [-0.25, -0.2) is 13.3 Å². The first-order valence-electron chi connectivity index (χ1n) is 15.5. The number of nitrogens with zero attached hydrogens (tertiary/aromatic N) is 4. The molecule has 2 aliphatic rings. The maximum Gasteiger partial charge on any atom is 0.573 e. The number of para-hydroxylation sites is 3. The minimum absolute atomic E-state index is 0.0279. The molecule has 15 heteroatoms. The van der Waals surface area contributed by atoms with Gasteiger partial charge < -0.3 is 14.7 Å². The summed E-state index contributed by atoms with van der Waals surface area (Å²) in [6.07, 6.45) is -4.75. The molecule has 0 aromatic heterocycles. The average molecular weight is 716 g/mol. The van der Waals surface area contributed by atoms with Crippen molar-refractivity contribution < 1.29 is 35.6 Å². The zero-order chi connectivity index (χ0) is 35.0. The topological polar surface area (TPSA) is 115 Å². The standard InChI is InChI=1S/C34H36F3N5O5S2/c1-38-48(44,28-20-18-27(19-21-28)47-34(35,36)37)39-29-22-41(49(45,46)40(2)26-12-4-3-5-13-26)23-32(33(29)43)42-30-14-8-6-10-24(30)16-17-25-11-7-9-15-31(25)42/h3-15,18-21,29,32-33,43H,16-17,22-23H2,1-2H3,(H,38,39,44). The summed E-state index contributed by atoms with van der Waals surface area (Å²) in [5.41, 5.74) is 4.09. The van der Waals surface area contributed by atoms with Crippen LogP contribution in [0.2, 0.25) is 0 Å². The summed E-state index contributed by atoms with van der Waals surface area (Å²) in [4.78, 5) is 2.00. The largest absolute Gasteiger partial charge is 0.573 e. The zero-order valence-corrected chi connectivity index (χ0v) is 28.3. The van der Waals surface area contributed by atoms with Crippen LogP contribution in [0.1, 0.15) is 11.1 Å². The lowest BCUT2D eigenvalue weighted by Gasteiger charge is -2.47. The number of hydrogen-bond acceptors (Lipinski definition) is 7. The van der Waals surface area contributed by atoms with E-state index < -0.39 is 50.4 Å². The molecule has 10 nitrogen and oxygen atoms in total. The summed E-state index contributed by atoms with van der Waals surface area (Å²) in [5.74, 6) is -0.508. The van der Waals surface area contributed by atoms with E-state index in [0.29, 0.717) is 5.69 Å². The summed E-state index contributed by atoms with van der Waals surface area (Å²) in [6, 6.07) is 26.5. The van der Waals surface area contributed by atoms with Crippen molar-refractivity contribution in [1.29, 1.82) is 0 Å². The zero-order valence-electron chi connectivity index (χ0n) is 26.7. The number of halogens is 3. The van der Waals surface area contributed by atoms with Gasteiger partial charge in [0.2, 0.25) is 0 Å². The fourth-order valence-corrected chi connectivity index (χ4v) is 9.40. The van der Waals surface area contributed by atoms with Gasteiger partial charge in [0.1, 0.15) is 15.7 Å². The van der Waals surface area contributed by atoms with Crippen LogP contribution in [0.15, 0.2) is 112 Å². The molecule has 4 unspecified atom stereocenters. The van der Waals surface area contributed by atoms with Crippen molar-refractivity contribution in [2.75, 3.05) is 36.4 Å². The summed E-state index contributed by atoms with van der Waals surface area (Å²) in [5, 5.41) is 12.2. The number of hydrogen-bond donors (Lipinski definition) is 2. The highest BCUT2D eigenvalue weighted by Crippen LogP contribution is 2.40. The fraction of sp³-hybridized carbons (Fsp3) is 0.294. The molecule has 2 aliphatic heterocycles. The highest BCUT2D eigenvalue weighted by Gasteiger charge is 2.46. The summed E-state index contributed by atoms with van der Waals surface area (Å²) in [7, 11) is -5.09. The molecule has 4 aromatic carbocycles. The second kappa shape index (κ2) is 13.6. The van der Waals surface area contributed by atoms with Crippen molar-refractivity contribution in [2.45, 2.75) is 42.3 Å². The molecule has 4 aromatic rings. The second-order valence-corrected chi connectivity index (χ2v) is 15.8. The Morgan fingerprint density at radius 2 is 1.39 bits per heavy atom. The van der Waals surface area contributed by atoms with Gasteiger partial charge in [-0.2, -0.15) is 12.7 Å². The lowest BCUT2D eigenvalue weighted by molar-refractivity contribution is -0.274. The van der Waals surface area contributed by atoms with E-state index in [1.54, 1.807) is 30.3 Å². The predicted molar refractivity (Wildman–Crippen MR) is 182 cm³/mol. The van der Waals surface area contributed by atoms with E-state index in [1.165, 1.54) is 30.5 Å². The third-order valence-corrected chi connectivity index (χ3v) is 12.7. The van der Waals surface area contributed by atoms with Gasteiger partial charge in [-0.3, -0.25) is 4.31 Å². The number of piperidine rings is 1. The number of alkyl halides is 3. The third-order valence-electron chi connectivity index (χ3n) is 8.83. The number of rotatable bonds is 8. The predicted octanol–water partition coefficient (Wildman–Crippen LogP) is 5.28. The quantitative estimate of drug-likeness (QED) is 0.257. The molecule has 1 fully saturated rings. The molecule has 2 heterocycles. The smallest absolute Gasteiger partial charge is 0.406 e. The number of ether oxygens (including phenoxy) is 1. The molecule has 1 saturated heterocycles. The van der Waals surface area contributed by atoms with Crippen LogP contribution < -0.4 is 18.7 Å². The highest BCUT2D eigenvalue weighted by atomic mass is 32.2. The summed E-state index contributed by atoms with van der Waals surface area (Å²) >= 11 is 0. The molecular weight excluding hydrogens is 680 g/mol. The van der Waals surface area contributed by atoms with E-state index in [9.17, 15) is 30.9 Å². The molecule has 0 bridgehead atoms. The number of nitrogens with one attached hydrogen (secondary N) is 1. The highest BCUT2D eigenvalue weighted by molar-refractivity contribution is 7.91. The average Bonchev–Trinajstić information content (AvgIpc) is 3.25. The number of aryl methyl sites for hydroxylation is 2. The Balaban J connectivity index is 1.43. The Morgan fingerprint density at radius 1 is 0.837 bits per heavy atom. The van der Waals surface area contributed by atoms with Gasteiger partial charge in [-0.1, -0.05) is 54.6 Å². The Hall–Kier alpha value is -4.15. The summed E-state index contributed by atoms with van der Waals surface area (Å²) in [6.45, 7) is -0.397. The molecule has 0 spiro atoms. The Morgan fingerprint density at radius 3 is 1.94 bits per heavy atom. The molecule has 4 atom stereocenters. The number of aliphatic hydroxyl groups is 1. The van der Waals surface area contributed by atoms with Crippen LogP contribution in [0.4, 0.5) is 30.2 Å². The van der Waals surface area contributed by atoms with Crippen molar-refractivity contribution in [3.05, 3.63) is 114 Å². The van der Waals surface area contributed by atoms with Crippen molar-refractivity contribution in [3.63, 3.8) is 0 Å². The molecule has 260 valence electrons. The van der Waals surface area contributed by atoms with Crippen molar-refractivity contribution >= 4 is 37.2 Å². The molecule has 6 rings (SSSR count). The van der Waals surface area contributed by atoms with E-state index >= 15 is 0 Å². The van der Waals surface area contributed by atoms with Crippen molar-refractivity contribution in [1.82, 2.24) is 9.03 Å². The van der Waals surface area contributed by atoms with Crippen LogP contribution in [-0.4, -0.2) is 73.8 Å². The van der Waals surface area contributed by atoms with E-state index in [0.717, 1.165) is 51.8 Å². The van der Waals surface area contributed by atoms with Gasteiger partial charge in [0.05, 0.1) is 28.8 Å². The third kappa shape index (κ3) is 7.12. The van der Waals surface area contributed by atoms with Gasteiger partial charge >= 0.3 is 16.6 Å². The van der Waals surface area contributed by atoms with E-state index in [1.807, 2.05) is 53.4 Å². The second-order valence-electron chi connectivity index (χ2n) is 11.8. The Bertz CT molecular complexity index is 1980. The van der Waals surface area contributed by atoms with Gasteiger partial charge in [-0.15, -0.1) is 13.2 Å². The monoisotopic (exact) mass is 715 g/mol. The van der Waals surface area contributed by atoms with E-state index in [-0.39, 0.29) is 18.0 Å². The first kappa shape index (κ1) is 34.7. The Kier molecular flexibility index (Phi) is 9.66. The molecule has 49 heavy (non-hydrogen) atoms. The van der Waals surface area contributed by atoms with Gasteiger partial charge in [-0.05, 0) is 72.5 Å². The molecule has 0 amide bonds. The van der Waals surface area contributed by atoms with Crippen LogP contribution in [0.25, 0.3) is 0 Å². The van der Waals surface area contributed by atoms with Crippen LogP contribution in [0.5, 0.6) is 5.75 Å². The molecule has 0 radical (unpaired) electrons. The maximum atomic E-state index is 14.4. The van der Waals surface area contributed by atoms with Crippen LogP contribution in [-0.2, 0) is 33.0 Å². The van der Waals surface area contributed by atoms with Gasteiger partial charge in [0.15, 0.2) is 0 Å². The number of anilines is 3. The van der Waals surface area contributed by atoms with Crippen molar-refractivity contribution in [2.24, 2.45) is 4.36 Å². The molecule has 0 aliphatic carbocycles. The summed E-state index contributed by atoms with van der Waals surface area (Å²) < 4.78 is 94.7. The number of aliphatic hydroxyl groups excluding tert-OH is 1. The number of benzene rings is 4. The maximum absolute atomic E-state index is 14.4. The van der Waals surface area contributed by atoms with Crippen LogP contribution >= 0.6 is 0 Å². The normalized spacial score (nSPS) is 21.1. The fourth-order valence-electron chi connectivity index (χ4n) is 6.39. The lowest BCUT2D eigenvalue weighted by atomic mass is 9.96. The van der Waals surface area contributed by atoms with E-state index in [2.05, 4.69) is 13.8 Å². The minimum atomic E-state index is -4.91. The SMILES string of the molecule is CN=S(=O)(NC1CN(S(=O)(=O)N(C)c2ccccc2)CC(N2c3ccccc3CCc3ccccc32)C1O)c1ccc(OC(F)(F)F)cc1. The van der Waals surface area contributed by atoms with Crippen LogP contribution in [0.3, 0.4) is 0 Å². The molecule has 2 N–H and O–H groups in total. The first-order chi connectivity index (χ1) is 23.3. The Labute approximate surface area is 284 Å². The lowest BCUT2D eigenvalue weighted by Crippen LogP contribution is -2.66. The first-order valence-corrected chi connectivity index (χ1v) is 18.4. The van der Waals surface area contributed by atoms with Crippen molar-refractivity contribution in [3.8, 4) is 5.75 Å². The van der Waals surface area contributed by atoms with Gasteiger partial charge in [0.25, 0.3) is 0 Å². The van der Waals surface area contributed by atoms with Crippen LogP contribution in [0, 0.1) is 0 Å². The minimum Gasteiger partial charge on any atom is -0.406 e. The molecule has 0 saturated carbocycles. The van der Waals surface area contributed by atoms with Gasteiger partial charge in [0, 0.05) is 38.6 Å². The number of fused-ring (bicyclic) bond motifs is 2.